The molecule has 2 aromatic rings. The second kappa shape index (κ2) is 7.79. The van der Waals surface area contributed by atoms with Crippen LogP contribution in [-0.2, 0) is 4.79 Å². The Balaban J connectivity index is 1.56. The Bertz CT molecular complexity index is 777. The van der Waals surface area contributed by atoms with Gasteiger partial charge in [-0.2, -0.15) is 0 Å². The van der Waals surface area contributed by atoms with Gasteiger partial charge < -0.3 is 15.5 Å². The first-order chi connectivity index (χ1) is 12.0. The van der Waals surface area contributed by atoms with Crippen molar-refractivity contribution in [1.82, 2.24) is 15.1 Å². The maximum Gasteiger partial charge on any atom is 0.254 e. The molecule has 1 fully saturated rings. The highest BCUT2D eigenvalue weighted by Gasteiger charge is 2.24. The topological polar surface area (TPSA) is 92.4 Å². The summed E-state index contributed by atoms with van der Waals surface area (Å²) in [5.74, 6) is -0.815. The number of nitrogens with zero attached hydrogens (tertiary/aromatic N) is 4. The van der Waals surface area contributed by atoms with Gasteiger partial charge in [-0.25, -0.2) is 4.39 Å². The lowest BCUT2D eigenvalue weighted by atomic mass is 10.2. The van der Waals surface area contributed by atoms with Crippen LogP contribution < -0.4 is 10.6 Å². The van der Waals surface area contributed by atoms with E-state index >= 15 is 0 Å². The Morgan fingerprint density at radius 1 is 1.24 bits per heavy atom. The molecule has 0 spiro atoms. The van der Waals surface area contributed by atoms with E-state index in [9.17, 15) is 14.0 Å². The molecule has 25 heavy (non-hydrogen) atoms. The van der Waals surface area contributed by atoms with Gasteiger partial charge in [0.05, 0.1) is 5.75 Å². The van der Waals surface area contributed by atoms with E-state index in [1.54, 1.807) is 11.0 Å². The second-order valence-electron chi connectivity index (χ2n) is 5.40. The summed E-state index contributed by atoms with van der Waals surface area (Å²) < 4.78 is 14.0. The fraction of sp³-hybridized carbons (Fsp3) is 0.333. The number of nitrogens with two attached hydrogens (primary N) is 1. The Morgan fingerprint density at radius 3 is 2.68 bits per heavy atom. The molecule has 0 atom stereocenters. The van der Waals surface area contributed by atoms with E-state index in [1.807, 2.05) is 4.90 Å². The second-order valence-corrected chi connectivity index (χ2v) is 7.57. The minimum Gasteiger partial charge on any atom is -0.369 e. The average molecular weight is 381 g/mol. The number of carbonyl (C=O) groups excluding carboxylic acids is 2. The molecule has 2 heterocycles. The van der Waals surface area contributed by atoms with E-state index < -0.39 is 11.7 Å². The molecule has 3 rings (SSSR count). The molecule has 0 aliphatic carbocycles. The zero-order valence-corrected chi connectivity index (χ0v) is 14.9. The Hall–Kier alpha value is -2.20. The number of rotatable bonds is 5. The molecule has 2 amide bonds. The Morgan fingerprint density at radius 2 is 2.00 bits per heavy atom. The molecule has 0 unspecified atom stereocenters. The van der Waals surface area contributed by atoms with Gasteiger partial charge >= 0.3 is 0 Å². The lowest BCUT2D eigenvalue weighted by molar-refractivity contribution is -0.115. The third-order valence-electron chi connectivity index (χ3n) is 3.64. The minimum atomic E-state index is -0.417. The highest BCUT2D eigenvalue weighted by Crippen LogP contribution is 2.28. The quantitative estimate of drug-likeness (QED) is 0.783. The summed E-state index contributed by atoms with van der Waals surface area (Å²) in [5, 5.41) is 8.91. The molecule has 2 N–H and O–H groups in total. The molecule has 0 bridgehead atoms. The first kappa shape index (κ1) is 17.6. The van der Waals surface area contributed by atoms with Gasteiger partial charge in [0.1, 0.15) is 5.82 Å². The van der Waals surface area contributed by atoms with E-state index in [0.717, 1.165) is 5.13 Å². The van der Waals surface area contributed by atoms with Crippen LogP contribution in [0.2, 0.25) is 0 Å². The van der Waals surface area contributed by atoms with Gasteiger partial charge in [0, 0.05) is 31.7 Å². The third kappa shape index (κ3) is 4.45. The van der Waals surface area contributed by atoms with Crippen LogP contribution in [0.1, 0.15) is 10.4 Å². The molecule has 1 aromatic heterocycles. The molecule has 7 nitrogen and oxygen atoms in total. The number of anilines is 1. The first-order valence-corrected chi connectivity index (χ1v) is 9.37. The van der Waals surface area contributed by atoms with Crippen molar-refractivity contribution in [3.63, 3.8) is 0 Å². The van der Waals surface area contributed by atoms with Gasteiger partial charge in [0.2, 0.25) is 11.0 Å². The van der Waals surface area contributed by atoms with Crippen molar-refractivity contribution in [2.24, 2.45) is 5.73 Å². The van der Waals surface area contributed by atoms with Crippen molar-refractivity contribution >= 4 is 40.0 Å². The van der Waals surface area contributed by atoms with Crippen molar-refractivity contribution in [3.8, 4) is 0 Å². The van der Waals surface area contributed by atoms with Crippen molar-refractivity contribution in [2.75, 3.05) is 36.8 Å². The maximum atomic E-state index is 13.3. The van der Waals surface area contributed by atoms with Crippen LogP contribution in [0.15, 0.2) is 28.6 Å². The molecule has 1 aliphatic rings. The van der Waals surface area contributed by atoms with E-state index in [-0.39, 0.29) is 11.7 Å². The number of halogens is 1. The third-order valence-corrected chi connectivity index (χ3v) is 5.78. The number of carbonyl (C=O) groups is 2. The first-order valence-electron chi connectivity index (χ1n) is 7.57. The van der Waals surface area contributed by atoms with Crippen molar-refractivity contribution in [2.45, 2.75) is 4.34 Å². The van der Waals surface area contributed by atoms with E-state index in [4.69, 9.17) is 5.73 Å². The SMILES string of the molecule is NC(=O)CSc1nnc(N2CCN(C(=O)c3cccc(F)c3)CC2)s1. The summed E-state index contributed by atoms with van der Waals surface area (Å²) in [6.45, 7) is 2.30. The highest BCUT2D eigenvalue weighted by molar-refractivity contribution is 8.01. The van der Waals surface area contributed by atoms with E-state index in [0.29, 0.717) is 36.1 Å². The van der Waals surface area contributed by atoms with Crippen molar-refractivity contribution in [1.29, 1.82) is 0 Å². The van der Waals surface area contributed by atoms with Gasteiger partial charge in [0.15, 0.2) is 4.34 Å². The predicted molar refractivity (Wildman–Crippen MR) is 94.3 cm³/mol. The van der Waals surface area contributed by atoms with Crippen molar-refractivity contribution in [3.05, 3.63) is 35.6 Å². The number of hydrogen-bond acceptors (Lipinski definition) is 7. The fourth-order valence-electron chi connectivity index (χ4n) is 2.43. The molecule has 0 saturated carbocycles. The number of primary amides is 1. The summed E-state index contributed by atoms with van der Waals surface area (Å²) in [6, 6.07) is 5.72. The molecule has 1 saturated heterocycles. The normalized spacial score (nSPS) is 14.6. The van der Waals surface area contributed by atoms with Crippen LogP contribution in [-0.4, -0.2) is 58.8 Å². The monoisotopic (exact) mass is 381 g/mol. The molecule has 1 aliphatic heterocycles. The van der Waals surface area contributed by atoms with Gasteiger partial charge in [0.25, 0.3) is 5.91 Å². The zero-order chi connectivity index (χ0) is 17.8. The minimum absolute atomic E-state index is 0.171. The number of piperazine rings is 1. The van der Waals surface area contributed by atoms with Crippen LogP contribution in [0.25, 0.3) is 0 Å². The largest absolute Gasteiger partial charge is 0.369 e. The zero-order valence-electron chi connectivity index (χ0n) is 13.2. The van der Waals surface area contributed by atoms with Gasteiger partial charge in [-0.3, -0.25) is 9.59 Å². The molecular formula is C15H16FN5O2S2. The fourth-order valence-corrected chi connectivity index (χ4v) is 4.06. The molecule has 0 radical (unpaired) electrons. The molecule has 132 valence electrons. The lowest BCUT2D eigenvalue weighted by Gasteiger charge is -2.34. The number of amides is 2. The van der Waals surface area contributed by atoms with Crippen LogP contribution >= 0.6 is 23.1 Å². The molecule has 1 aromatic carbocycles. The number of aromatic nitrogens is 2. The Labute approximate surface area is 152 Å². The van der Waals surface area contributed by atoms with E-state index in [1.165, 1.54) is 41.3 Å². The van der Waals surface area contributed by atoms with Gasteiger partial charge in [-0.05, 0) is 18.2 Å². The standard InChI is InChI=1S/C15H16FN5O2S2/c16-11-3-1-2-10(8-11)13(23)20-4-6-21(7-5-20)14-18-19-15(25-14)24-9-12(17)22/h1-3,8H,4-7,9H2,(H2,17,22). The molecular weight excluding hydrogens is 365 g/mol. The summed E-state index contributed by atoms with van der Waals surface area (Å²) in [7, 11) is 0. The maximum absolute atomic E-state index is 13.3. The summed E-state index contributed by atoms with van der Waals surface area (Å²) in [6.07, 6.45) is 0. The van der Waals surface area contributed by atoms with Crippen LogP contribution in [0.3, 0.4) is 0 Å². The van der Waals surface area contributed by atoms with Gasteiger partial charge in [-0.15, -0.1) is 10.2 Å². The van der Waals surface area contributed by atoms with E-state index in [2.05, 4.69) is 10.2 Å². The molecule has 10 heteroatoms. The number of thioether (sulfide) groups is 1. The van der Waals surface area contributed by atoms with Crippen LogP contribution in [0, 0.1) is 5.82 Å². The van der Waals surface area contributed by atoms with Crippen LogP contribution in [0.5, 0.6) is 0 Å². The predicted octanol–water partition coefficient (Wildman–Crippen LogP) is 1.22. The van der Waals surface area contributed by atoms with Crippen molar-refractivity contribution < 1.29 is 14.0 Å². The summed E-state index contributed by atoms with van der Waals surface area (Å²) in [4.78, 5) is 27.0. The van der Waals surface area contributed by atoms with Crippen LogP contribution in [0.4, 0.5) is 9.52 Å². The average Bonchev–Trinajstić information content (AvgIpc) is 3.08. The van der Waals surface area contributed by atoms with Gasteiger partial charge in [-0.1, -0.05) is 29.2 Å². The number of hydrogen-bond donors (Lipinski definition) is 1. The number of benzene rings is 1. The highest BCUT2D eigenvalue weighted by atomic mass is 32.2. The Kier molecular flexibility index (Phi) is 5.49. The summed E-state index contributed by atoms with van der Waals surface area (Å²) in [5.41, 5.74) is 5.47. The smallest absolute Gasteiger partial charge is 0.254 e. The summed E-state index contributed by atoms with van der Waals surface area (Å²) >= 11 is 2.66. The lowest BCUT2D eigenvalue weighted by Crippen LogP contribution is -2.48.